The summed E-state index contributed by atoms with van der Waals surface area (Å²) in [5.74, 6) is 0. The lowest BCUT2D eigenvalue weighted by Gasteiger charge is -2.08. The third kappa shape index (κ3) is 5.77. The van der Waals surface area contributed by atoms with Gasteiger partial charge in [0.1, 0.15) is 0 Å². The van der Waals surface area contributed by atoms with Crippen molar-refractivity contribution < 1.29 is 9.47 Å². The highest BCUT2D eigenvalue weighted by Crippen LogP contribution is 2.06. The van der Waals surface area contributed by atoms with Gasteiger partial charge in [0, 0.05) is 19.3 Å². The number of nitrogens with one attached hydrogen (secondary N) is 1. The number of pyridine rings is 1. The molecule has 4 heteroatoms. The number of rotatable bonds is 9. The zero-order chi connectivity index (χ0) is 12.3. The molecule has 0 aromatic carbocycles. The van der Waals surface area contributed by atoms with E-state index < -0.39 is 0 Å². The Kier molecular flexibility index (Phi) is 7.54. The van der Waals surface area contributed by atoms with Crippen LogP contribution in [0.1, 0.15) is 24.6 Å². The van der Waals surface area contributed by atoms with Crippen molar-refractivity contribution in [2.24, 2.45) is 0 Å². The predicted molar refractivity (Wildman–Crippen MR) is 67.8 cm³/mol. The number of nitrogens with zero attached hydrogens (tertiary/aromatic N) is 1. The standard InChI is InChI=1S/C13H22N2O2/c1-3-7-16-8-9-17-11-13-12(10-14-2)5-4-6-15-13/h4-6,14H,3,7-11H2,1-2H3. The molecule has 0 aliphatic carbocycles. The van der Waals surface area contributed by atoms with Gasteiger partial charge >= 0.3 is 0 Å². The van der Waals surface area contributed by atoms with Gasteiger partial charge in [-0.3, -0.25) is 4.98 Å². The average Bonchev–Trinajstić information content (AvgIpc) is 2.36. The lowest BCUT2D eigenvalue weighted by atomic mass is 10.2. The van der Waals surface area contributed by atoms with E-state index in [0.29, 0.717) is 19.8 Å². The molecule has 1 rings (SSSR count). The summed E-state index contributed by atoms with van der Waals surface area (Å²) in [7, 11) is 1.93. The topological polar surface area (TPSA) is 43.4 Å². The number of hydrogen-bond acceptors (Lipinski definition) is 4. The summed E-state index contributed by atoms with van der Waals surface area (Å²) in [4.78, 5) is 4.33. The van der Waals surface area contributed by atoms with E-state index in [1.165, 1.54) is 5.56 Å². The summed E-state index contributed by atoms with van der Waals surface area (Å²) in [5, 5.41) is 3.12. The lowest BCUT2D eigenvalue weighted by Crippen LogP contribution is -2.11. The van der Waals surface area contributed by atoms with Crippen LogP contribution in [-0.4, -0.2) is 31.9 Å². The maximum Gasteiger partial charge on any atom is 0.0892 e. The number of aromatic nitrogens is 1. The molecule has 96 valence electrons. The van der Waals surface area contributed by atoms with Gasteiger partial charge in [-0.25, -0.2) is 0 Å². The van der Waals surface area contributed by atoms with E-state index in [1.54, 1.807) is 6.20 Å². The molecule has 0 aliphatic rings. The van der Waals surface area contributed by atoms with Crippen LogP contribution in [0, 0.1) is 0 Å². The molecule has 0 unspecified atom stereocenters. The quantitative estimate of drug-likeness (QED) is 0.666. The van der Waals surface area contributed by atoms with E-state index in [0.717, 1.165) is 25.3 Å². The van der Waals surface area contributed by atoms with Gasteiger partial charge in [-0.05, 0) is 25.1 Å². The fourth-order valence-corrected chi connectivity index (χ4v) is 1.49. The summed E-state index contributed by atoms with van der Waals surface area (Å²) in [6, 6.07) is 4.01. The molecule has 0 saturated heterocycles. The van der Waals surface area contributed by atoms with Gasteiger partial charge in [-0.1, -0.05) is 13.0 Å². The van der Waals surface area contributed by atoms with Crippen LogP contribution in [0.3, 0.4) is 0 Å². The van der Waals surface area contributed by atoms with E-state index in [4.69, 9.17) is 9.47 Å². The molecule has 0 amide bonds. The Morgan fingerprint density at radius 3 is 2.82 bits per heavy atom. The predicted octanol–water partition coefficient (Wildman–Crippen LogP) is 1.74. The van der Waals surface area contributed by atoms with Crippen LogP contribution >= 0.6 is 0 Å². The summed E-state index contributed by atoms with van der Waals surface area (Å²) in [6.07, 6.45) is 2.85. The maximum atomic E-state index is 5.54. The van der Waals surface area contributed by atoms with Gasteiger partial charge in [0.05, 0.1) is 25.5 Å². The summed E-state index contributed by atoms with van der Waals surface area (Å²) in [5.41, 5.74) is 2.18. The Bertz CT molecular complexity index is 305. The van der Waals surface area contributed by atoms with E-state index in [-0.39, 0.29) is 0 Å². The van der Waals surface area contributed by atoms with Crippen molar-refractivity contribution in [3.63, 3.8) is 0 Å². The second-order valence-electron chi connectivity index (χ2n) is 3.80. The second kappa shape index (κ2) is 9.10. The highest BCUT2D eigenvalue weighted by molar-refractivity contribution is 5.18. The highest BCUT2D eigenvalue weighted by atomic mass is 16.5. The Morgan fingerprint density at radius 1 is 1.24 bits per heavy atom. The molecule has 0 atom stereocenters. The zero-order valence-electron chi connectivity index (χ0n) is 10.7. The van der Waals surface area contributed by atoms with Crippen molar-refractivity contribution in [2.45, 2.75) is 26.5 Å². The Morgan fingerprint density at radius 2 is 2.06 bits per heavy atom. The summed E-state index contributed by atoms with van der Waals surface area (Å²) < 4.78 is 10.9. The maximum absolute atomic E-state index is 5.54. The van der Waals surface area contributed by atoms with E-state index in [2.05, 4.69) is 23.3 Å². The van der Waals surface area contributed by atoms with Crippen molar-refractivity contribution in [1.82, 2.24) is 10.3 Å². The van der Waals surface area contributed by atoms with Crippen LogP contribution in [0.2, 0.25) is 0 Å². The number of ether oxygens (including phenoxy) is 2. The van der Waals surface area contributed by atoms with Gasteiger partial charge in [-0.15, -0.1) is 0 Å². The van der Waals surface area contributed by atoms with Gasteiger partial charge in [0.15, 0.2) is 0 Å². The normalized spacial score (nSPS) is 10.7. The Hall–Kier alpha value is -0.970. The van der Waals surface area contributed by atoms with Crippen molar-refractivity contribution in [3.05, 3.63) is 29.6 Å². The molecule has 0 aliphatic heterocycles. The first-order chi connectivity index (χ1) is 8.38. The van der Waals surface area contributed by atoms with Crippen molar-refractivity contribution in [2.75, 3.05) is 26.9 Å². The minimum absolute atomic E-state index is 0.549. The molecule has 0 spiro atoms. The van der Waals surface area contributed by atoms with E-state index >= 15 is 0 Å². The van der Waals surface area contributed by atoms with Gasteiger partial charge in [0.25, 0.3) is 0 Å². The third-order valence-electron chi connectivity index (χ3n) is 2.31. The molecule has 0 radical (unpaired) electrons. The van der Waals surface area contributed by atoms with Crippen LogP contribution in [-0.2, 0) is 22.6 Å². The number of hydrogen-bond donors (Lipinski definition) is 1. The molecular formula is C13H22N2O2. The minimum Gasteiger partial charge on any atom is -0.379 e. The Labute approximate surface area is 103 Å². The van der Waals surface area contributed by atoms with Crippen LogP contribution < -0.4 is 5.32 Å². The Balaban J connectivity index is 2.25. The monoisotopic (exact) mass is 238 g/mol. The van der Waals surface area contributed by atoms with Crippen LogP contribution in [0.5, 0.6) is 0 Å². The third-order valence-corrected chi connectivity index (χ3v) is 2.31. The molecular weight excluding hydrogens is 216 g/mol. The minimum atomic E-state index is 0.549. The molecule has 1 aromatic rings. The highest BCUT2D eigenvalue weighted by Gasteiger charge is 2.02. The molecule has 0 saturated carbocycles. The largest absolute Gasteiger partial charge is 0.379 e. The van der Waals surface area contributed by atoms with Gasteiger partial charge < -0.3 is 14.8 Å². The summed E-state index contributed by atoms with van der Waals surface area (Å²) in [6.45, 7) is 5.54. The smallest absolute Gasteiger partial charge is 0.0892 e. The summed E-state index contributed by atoms with van der Waals surface area (Å²) >= 11 is 0. The van der Waals surface area contributed by atoms with Gasteiger partial charge in [0.2, 0.25) is 0 Å². The zero-order valence-corrected chi connectivity index (χ0v) is 10.7. The first-order valence-corrected chi connectivity index (χ1v) is 6.11. The van der Waals surface area contributed by atoms with Crippen molar-refractivity contribution >= 4 is 0 Å². The molecule has 17 heavy (non-hydrogen) atoms. The van der Waals surface area contributed by atoms with E-state index in [9.17, 15) is 0 Å². The fraction of sp³-hybridized carbons (Fsp3) is 0.615. The second-order valence-corrected chi connectivity index (χ2v) is 3.80. The van der Waals surface area contributed by atoms with Crippen LogP contribution in [0.25, 0.3) is 0 Å². The van der Waals surface area contributed by atoms with Crippen LogP contribution in [0.15, 0.2) is 18.3 Å². The molecule has 1 heterocycles. The first kappa shape index (κ1) is 14.1. The average molecular weight is 238 g/mol. The SMILES string of the molecule is CCCOCCOCc1ncccc1CNC. The van der Waals surface area contributed by atoms with Crippen molar-refractivity contribution in [3.8, 4) is 0 Å². The van der Waals surface area contributed by atoms with Gasteiger partial charge in [-0.2, -0.15) is 0 Å². The molecule has 1 N–H and O–H groups in total. The molecule has 0 bridgehead atoms. The molecule has 4 nitrogen and oxygen atoms in total. The van der Waals surface area contributed by atoms with E-state index in [1.807, 2.05) is 13.1 Å². The van der Waals surface area contributed by atoms with Crippen molar-refractivity contribution in [1.29, 1.82) is 0 Å². The molecule has 1 aromatic heterocycles. The first-order valence-electron chi connectivity index (χ1n) is 6.11. The molecule has 0 fully saturated rings. The van der Waals surface area contributed by atoms with Crippen LogP contribution in [0.4, 0.5) is 0 Å². The lowest BCUT2D eigenvalue weighted by molar-refractivity contribution is 0.0395. The fourth-order valence-electron chi connectivity index (χ4n) is 1.49.